The van der Waals surface area contributed by atoms with Crippen LogP contribution in [0.3, 0.4) is 0 Å². The lowest BCUT2D eigenvalue weighted by atomic mass is 10.1. The van der Waals surface area contributed by atoms with Crippen molar-refractivity contribution < 1.29 is 19.5 Å². The molecular formula is C15H19ClN2O4. The Morgan fingerprint density at radius 1 is 1.18 bits per heavy atom. The van der Waals surface area contributed by atoms with E-state index in [9.17, 15) is 14.4 Å². The van der Waals surface area contributed by atoms with Crippen molar-refractivity contribution in [1.82, 2.24) is 4.90 Å². The van der Waals surface area contributed by atoms with E-state index in [1.54, 1.807) is 26.2 Å². The van der Waals surface area contributed by atoms with Crippen LogP contribution in [0.4, 0.5) is 5.69 Å². The van der Waals surface area contributed by atoms with Crippen LogP contribution >= 0.6 is 11.6 Å². The minimum absolute atomic E-state index is 0.0513. The predicted molar refractivity (Wildman–Crippen MR) is 84.2 cm³/mol. The second kappa shape index (κ2) is 8.38. The first-order valence-electron chi connectivity index (χ1n) is 6.84. The van der Waals surface area contributed by atoms with Gasteiger partial charge in [0.05, 0.1) is 10.6 Å². The average molecular weight is 327 g/mol. The summed E-state index contributed by atoms with van der Waals surface area (Å²) in [4.78, 5) is 35.5. The number of amides is 2. The Hall–Kier alpha value is -2.08. The molecule has 7 heteroatoms. The Labute approximate surface area is 134 Å². The van der Waals surface area contributed by atoms with E-state index in [0.717, 1.165) is 0 Å². The highest BCUT2D eigenvalue weighted by atomic mass is 35.5. The van der Waals surface area contributed by atoms with Gasteiger partial charge in [0.15, 0.2) is 0 Å². The molecule has 2 amide bonds. The Morgan fingerprint density at radius 2 is 1.82 bits per heavy atom. The van der Waals surface area contributed by atoms with E-state index in [2.05, 4.69) is 5.32 Å². The van der Waals surface area contributed by atoms with Crippen LogP contribution in [0.2, 0.25) is 5.02 Å². The van der Waals surface area contributed by atoms with Gasteiger partial charge in [0, 0.05) is 32.6 Å². The van der Waals surface area contributed by atoms with Gasteiger partial charge in [-0.05, 0) is 31.0 Å². The van der Waals surface area contributed by atoms with Crippen LogP contribution in [0.25, 0.3) is 0 Å². The number of carbonyl (C=O) groups excluding carboxylic acids is 2. The first-order chi connectivity index (χ1) is 10.3. The summed E-state index contributed by atoms with van der Waals surface area (Å²) < 4.78 is 0. The minimum Gasteiger partial charge on any atom is -0.481 e. The Morgan fingerprint density at radius 3 is 2.41 bits per heavy atom. The molecule has 120 valence electrons. The highest BCUT2D eigenvalue weighted by Gasteiger charge is 2.14. The van der Waals surface area contributed by atoms with Gasteiger partial charge in [0.25, 0.3) is 5.91 Å². The van der Waals surface area contributed by atoms with Gasteiger partial charge in [-0.15, -0.1) is 0 Å². The predicted octanol–water partition coefficient (Wildman–Crippen LogP) is 2.63. The van der Waals surface area contributed by atoms with Gasteiger partial charge in [-0.2, -0.15) is 0 Å². The molecule has 0 radical (unpaired) electrons. The zero-order valence-corrected chi connectivity index (χ0v) is 13.3. The highest BCUT2D eigenvalue weighted by molar-refractivity contribution is 6.34. The normalized spacial score (nSPS) is 10.1. The first-order valence-corrected chi connectivity index (χ1v) is 7.22. The average Bonchev–Trinajstić information content (AvgIpc) is 2.44. The standard InChI is InChI=1S/C15H19ClN2O4/c1-18(2)15(22)11-9-10(7-8-12(11)16)17-13(19)5-3-4-6-14(20)21/h7-9H,3-6H2,1-2H3,(H,17,19)(H,20,21). The zero-order chi connectivity index (χ0) is 16.7. The van der Waals surface area contributed by atoms with Crippen molar-refractivity contribution in [3.8, 4) is 0 Å². The molecule has 0 saturated heterocycles. The van der Waals surface area contributed by atoms with Crippen LogP contribution in [-0.2, 0) is 9.59 Å². The number of hydrogen-bond acceptors (Lipinski definition) is 3. The molecule has 0 unspecified atom stereocenters. The van der Waals surface area contributed by atoms with Crippen molar-refractivity contribution in [1.29, 1.82) is 0 Å². The summed E-state index contributed by atoms with van der Waals surface area (Å²) in [5, 5.41) is 11.5. The van der Waals surface area contributed by atoms with E-state index >= 15 is 0 Å². The molecule has 0 heterocycles. The summed E-state index contributed by atoms with van der Waals surface area (Å²) in [7, 11) is 3.23. The fourth-order valence-corrected chi connectivity index (χ4v) is 1.99. The lowest BCUT2D eigenvalue weighted by Crippen LogP contribution is -2.22. The molecule has 1 aromatic rings. The van der Waals surface area contributed by atoms with Crippen molar-refractivity contribution in [2.75, 3.05) is 19.4 Å². The molecule has 0 bridgehead atoms. The van der Waals surface area contributed by atoms with Crippen LogP contribution in [0.15, 0.2) is 18.2 Å². The molecule has 6 nitrogen and oxygen atoms in total. The third-order valence-corrected chi connectivity index (χ3v) is 3.26. The lowest BCUT2D eigenvalue weighted by molar-refractivity contribution is -0.137. The maximum atomic E-state index is 12.0. The Balaban J connectivity index is 2.62. The number of nitrogens with one attached hydrogen (secondary N) is 1. The van der Waals surface area contributed by atoms with Gasteiger partial charge in [-0.3, -0.25) is 14.4 Å². The monoisotopic (exact) mass is 326 g/mol. The number of halogens is 1. The lowest BCUT2D eigenvalue weighted by Gasteiger charge is -2.13. The van der Waals surface area contributed by atoms with Crippen LogP contribution in [-0.4, -0.2) is 41.9 Å². The number of anilines is 1. The minimum atomic E-state index is -0.870. The number of hydrogen-bond donors (Lipinski definition) is 2. The van der Waals surface area contributed by atoms with Gasteiger partial charge in [0.1, 0.15) is 0 Å². The summed E-state index contributed by atoms with van der Waals surface area (Å²) in [6, 6.07) is 4.70. The van der Waals surface area contributed by atoms with Crippen LogP contribution < -0.4 is 5.32 Å². The number of carboxylic acid groups (broad SMARTS) is 1. The van der Waals surface area contributed by atoms with E-state index in [-0.39, 0.29) is 24.7 Å². The number of benzene rings is 1. The SMILES string of the molecule is CN(C)C(=O)c1cc(NC(=O)CCCCC(=O)O)ccc1Cl. The molecule has 0 aliphatic carbocycles. The van der Waals surface area contributed by atoms with Gasteiger partial charge < -0.3 is 15.3 Å². The van der Waals surface area contributed by atoms with Crippen molar-refractivity contribution in [3.05, 3.63) is 28.8 Å². The molecule has 2 N–H and O–H groups in total. The maximum absolute atomic E-state index is 12.0. The van der Waals surface area contributed by atoms with E-state index in [4.69, 9.17) is 16.7 Å². The Bertz CT molecular complexity index is 573. The van der Waals surface area contributed by atoms with E-state index in [1.807, 2.05) is 0 Å². The molecule has 0 aliphatic heterocycles. The summed E-state index contributed by atoms with van der Waals surface area (Å²) in [6.07, 6.45) is 1.23. The smallest absolute Gasteiger partial charge is 0.303 e. The summed E-state index contributed by atoms with van der Waals surface area (Å²) >= 11 is 5.99. The molecule has 0 atom stereocenters. The number of unbranched alkanes of at least 4 members (excludes halogenated alkanes) is 1. The third kappa shape index (κ3) is 5.73. The number of nitrogens with zero attached hydrogens (tertiary/aromatic N) is 1. The molecule has 22 heavy (non-hydrogen) atoms. The largest absolute Gasteiger partial charge is 0.481 e. The second-order valence-electron chi connectivity index (χ2n) is 5.04. The molecule has 0 aliphatic rings. The molecule has 0 fully saturated rings. The third-order valence-electron chi connectivity index (χ3n) is 2.93. The maximum Gasteiger partial charge on any atom is 0.303 e. The van der Waals surface area contributed by atoms with E-state index in [1.165, 1.54) is 11.0 Å². The number of aliphatic carboxylic acids is 1. The van der Waals surface area contributed by atoms with Crippen molar-refractivity contribution in [2.24, 2.45) is 0 Å². The van der Waals surface area contributed by atoms with Crippen LogP contribution in [0.5, 0.6) is 0 Å². The quantitative estimate of drug-likeness (QED) is 0.754. The van der Waals surface area contributed by atoms with Gasteiger partial charge in [0.2, 0.25) is 5.91 Å². The number of rotatable bonds is 7. The summed E-state index contributed by atoms with van der Waals surface area (Å²) in [5.41, 5.74) is 0.799. The van der Waals surface area contributed by atoms with Crippen molar-refractivity contribution in [3.63, 3.8) is 0 Å². The molecule has 0 spiro atoms. The van der Waals surface area contributed by atoms with Crippen LogP contribution in [0, 0.1) is 0 Å². The Kier molecular flexibility index (Phi) is 6.85. The number of carboxylic acids is 1. The van der Waals surface area contributed by atoms with E-state index < -0.39 is 5.97 Å². The fourth-order valence-electron chi connectivity index (χ4n) is 1.79. The number of carbonyl (C=O) groups is 3. The van der Waals surface area contributed by atoms with Crippen LogP contribution in [0.1, 0.15) is 36.0 Å². The van der Waals surface area contributed by atoms with Gasteiger partial charge in [-0.1, -0.05) is 11.6 Å². The topological polar surface area (TPSA) is 86.7 Å². The highest BCUT2D eigenvalue weighted by Crippen LogP contribution is 2.22. The second-order valence-corrected chi connectivity index (χ2v) is 5.45. The van der Waals surface area contributed by atoms with E-state index in [0.29, 0.717) is 29.1 Å². The molecule has 1 aromatic carbocycles. The fraction of sp³-hybridized carbons (Fsp3) is 0.400. The van der Waals surface area contributed by atoms with Crippen molar-refractivity contribution >= 4 is 35.1 Å². The molecule has 1 rings (SSSR count). The molecule has 0 saturated carbocycles. The summed E-state index contributed by atoms with van der Waals surface area (Å²) in [6.45, 7) is 0. The summed E-state index contributed by atoms with van der Waals surface area (Å²) in [5.74, 6) is -1.34. The van der Waals surface area contributed by atoms with Gasteiger partial charge >= 0.3 is 5.97 Å². The van der Waals surface area contributed by atoms with Crippen molar-refractivity contribution in [2.45, 2.75) is 25.7 Å². The molecule has 0 aromatic heterocycles. The zero-order valence-electron chi connectivity index (χ0n) is 12.6. The van der Waals surface area contributed by atoms with Gasteiger partial charge in [-0.25, -0.2) is 0 Å². The first kappa shape index (κ1) is 18.0. The molecular weight excluding hydrogens is 308 g/mol.